The number of aliphatic hydroxyl groups excluding tert-OH is 2. The lowest BCUT2D eigenvalue weighted by Crippen LogP contribution is -2.17. The second-order valence-corrected chi connectivity index (χ2v) is 6.02. The van der Waals surface area contributed by atoms with E-state index in [1.54, 1.807) is 0 Å². The molecule has 0 aliphatic rings. The molecule has 3 nitrogen and oxygen atoms in total. The molecule has 0 aromatic carbocycles. The minimum absolute atomic E-state index is 0.142. The standard InChI is InChI=1S/C9H14ClNO2S2/c10-9-2-1-7(15-9)8(3-11)14-5-6(13)4-12/h1-2,6,8,12-13H,3-5,11H2. The van der Waals surface area contributed by atoms with E-state index in [0.29, 0.717) is 12.3 Å². The third-order valence-corrected chi connectivity index (χ3v) is 4.75. The monoisotopic (exact) mass is 267 g/mol. The van der Waals surface area contributed by atoms with Crippen LogP contribution in [-0.2, 0) is 0 Å². The van der Waals surface area contributed by atoms with E-state index in [0.717, 1.165) is 9.21 Å². The third-order valence-electron chi connectivity index (χ3n) is 1.83. The summed E-state index contributed by atoms with van der Waals surface area (Å²) in [5, 5.41) is 18.0. The Morgan fingerprint density at radius 1 is 1.53 bits per heavy atom. The van der Waals surface area contributed by atoms with Crippen LogP contribution in [0.1, 0.15) is 10.1 Å². The summed E-state index contributed by atoms with van der Waals surface area (Å²) in [7, 11) is 0. The van der Waals surface area contributed by atoms with E-state index >= 15 is 0 Å². The molecule has 0 fully saturated rings. The summed E-state index contributed by atoms with van der Waals surface area (Å²) >= 11 is 8.87. The Morgan fingerprint density at radius 3 is 2.73 bits per heavy atom. The van der Waals surface area contributed by atoms with Crippen LogP contribution in [0.5, 0.6) is 0 Å². The molecule has 0 saturated heterocycles. The van der Waals surface area contributed by atoms with Crippen LogP contribution in [0.2, 0.25) is 4.34 Å². The molecule has 1 heterocycles. The Hall–Kier alpha value is 0.220. The first-order valence-corrected chi connectivity index (χ1v) is 6.77. The molecule has 86 valence electrons. The Bertz CT molecular complexity index is 295. The Morgan fingerprint density at radius 2 is 2.27 bits per heavy atom. The highest BCUT2D eigenvalue weighted by molar-refractivity contribution is 7.99. The first-order valence-electron chi connectivity index (χ1n) is 4.53. The van der Waals surface area contributed by atoms with Gasteiger partial charge in [-0.25, -0.2) is 0 Å². The summed E-state index contributed by atoms with van der Waals surface area (Å²) in [4.78, 5) is 1.11. The number of rotatable bonds is 6. The van der Waals surface area contributed by atoms with Crippen molar-refractivity contribution in [2.45, 2.75) is 11.4 Å². The van der Waals surface area contributed by atoms with E-state index in [2.05, 4.69) is 0 Å². The van der Waals surface area contributed by atoms with Gasteiger partial charge in [-0.3, -0.25) is 0 Å². The predicted molar refractivity (Wildman–Crippen MR) is 66.7 cm³/mol. The summed E-state index contributed by atoms with van der Waals surface area (Å²) in [5.74, 6) is 0.480. The molecule has 0 aliphatic heterocycles. The second-order valence-electron chi connectivity index (χ2n) is 3.04. The van der Waals surface area contributed by atoms with E-state index in [-0.39, 0.29) is 11.9 Å². The van der Waals surface area contributed by atoms with E-state index < -0.39 is 6.10 Å². The highest BCUT2D eigenvalue weighted by Gasteiger charge is 2.14. The fourth-order valence-corrected chi connectivity index (χ4v) is 3.39. The van der Waals surface area contributed by atoms with Crippen molar-refractivity contribution >= 4 is 34.7 Å². The lowest BCUT2D eigenvalue weighted by Gasteiger charge is -2.14. The topological polar surface area (TPSA) is 66.5 Å². The van der Waals surface area contributed by atoms with Gasteiger partial charge in [0.1, 0.15) is 0 Å². The zero-order valence-corrected chi connectivity index (χ0v) is 10.5. The van der Waals surface area contributed by atoms with Crippen LogP contribution < -0.4 is 5.73 Å². The molecule has 0 amide bonds. The lowest BCUT2D eigenvalue weighted by molar-refractivity contribution is 0.113. The van der Waals surface area contributed by atoms with Gasteiger partial charge in [-0.2, -0.15) is 0 Å². The maximum absolute atomic E-state index is 9.22. The number of thioether (sulfide) groups is 1. The number of hydrogen-bond acceptors (Lipinski definition) is 5. The zero-order valence-electron chi connectivity index (χ0n) is 8.10. The van der Waals surface area contributed by atoms with Crippen molar-refractivity contribution < 1.29 is 10.2 Å². The minimum Gasteiger partial charge on any atom is -0.394 e. The molecule has 1 aromatic heterocycles. The molecule has 15 heavy (non-hydrogen) atoms. The van der Waals surface area contributed by atoms with Gasteiger partial charge in [-0.05, 0) is 12.1 Å². The van der Waals surface area contributed by atoms with Gasteiger partial charge >= 0.3 is 0 Å². The summed E-state index contributed by atoms with van der Waals surface area (Å²) in [5.41, 5.74) is 5.64. The number of hydrogen-bond donors (Lipinski definition) is 3. The Kier molecular flexibility index (Phi) is 5.96. The molecule has 4 N–H and O–H groups in total. The number of aliphatic hydroxyl groups is 2. The maximum Gasteiger partial charge on any atom is 0.0931 e. The molecule has 2 unspecified atom stereocenters. The molecular weight excluding hydrogens is 254 g/mol. The molecule has 0 bridgehead atoms. The molecular formula is C9H14ClNO2S2. The van der Waals surface area contributed by atoms with Crippen molar-refractivity contribution in [3.05, 3.63) is 21.3 Å². The predicted octanol–water partition coefficient (Wildman–Crippen LogP) is 1.49. The van der Waals surface area contributed by atoms with Crippen molar-refractivity contribution in [2.24, 2.45) is 5.73 Å². The van der Waals surface area contributed by atoms with Crippen LogP contribution in [-0.4, -0.2) is 35.2 Å². The molecule has 0 saturated carbocycles. The largest absolute Gasteiger partial charge is 0.394 e. The smallest absolute Gasteiger partial charge is 0.0931 e. The SMILES string of the molecule is NCC(SCC(O)CO)c1ccc(Cl)s1. The van der Waals surface area contributed by atoms with E-state index in [1.165, 1.54) is 23.1 Å². The third kappa shape index (κ3) is 4.30. The van der Waals surface area contributed by atoms with Crippen LogP contribution in [0.3, 0.4) is 0 Å². The van der Waals surface area contributed by atoms with Gasteiger partial charge in [0.15, 0.2) is 0 Å². The Balaban J connectivity index is 2.49. The van der Waals surface area contributed by atoms with Gasteiger partial charge in [0.25, 0.3) is 0 Å². The summed E-state index contributed by atoms with van der Waals surface area (Å²) < 4.78 is 0.742. The van der Waals surface area contributed by atoms with E-state index in [4.69, 9.17) is 22.4 Å². The number of halogens is 1. The van der Waals surface area contributed by atoms with Gasteiger partial charge in [-0.1, -0.05) is 11.6 Å². The van der Waals surface area contributed by atoms with Crippen LogP contribution >= 0.6 is 34.7 Å². The van der Waals surface area contributed by atoms with E-state index in [1.807, 2.05) is 12.1 Å². The second kappa shape index (κ2) is 6.73. The first kappa shape index (κ1) is 13.3. The van der Waals surface area contributed by atoms with Crippen molar-refractivity contribution in [1.82, 2.24) is 0 Å². The van der Waals surface area contributed by atoms with Crippen LogP contribution in [0.15, 0.2) is 12.1 Å². The lowest BCUT2D eigenvalue weighted by atomic mass is 10.3. The molecule has 1 rings (SSSR count). The molecule has 1 aromatic rings. The van der Waals surface area contributed by atoms with Crippen molar-refractivity contribution in [2.75, 3.05) is 18.9 Å². The van der Waals surface area contributed by atoms with Crippen LogP contribution in [0.4, 0.5) is 0 Å². The number of thiophene rings is 1. The summed E-state index contributed by atoms with van der Waals surface area (Å²) in [6, 6.07) is 3.79. The van der Waals surface area contributed by atoms with Gasteiger partial charge in [0.2, 0.25) is 0 Å². The summed E-state index contributed by atoms with van der Waals surface area (Å²) in [6.45, 7) is 0.287. The van der Waals surface area contributed by atoms with Crippen LogP contribution in [0.25, 0.3) is 0 Å². The van der Waals surface area contributed by atoms with Crippen molar-refractivity contribution in [1.29, 1.82) is 0 Å². The molecule has 0 radical (unpaired) electrons. The average molecular weight is 268 g/mol. The minimum atomic E-state index is -0.681. The van der Waals surface area contributed by atoms with Gasteiger partial charge < -0.3 is 15.9 Å². The normalized spacial score (nSPS) is 15.2. The molecule has 0 spiro atoms. The zero-order chi connectivity index (χ0) is 11.3. The highest BCUT2D eigenvalue weighted by atomic mass is 35.5. The molecule has 2 atom stereocenters. The maximum atomic E-state index is 9.22. The van der Waals surface area contributed by atoms with Gasteiger partial charge in [-0.15, -0.1) is 23.1 Å². The Labute approximate surface area is 102 Å². The van der Waals surface area contributed by atoms with E-state index in [9.17, 15) is 5.11 Å². The average Bonchev–Trinajstić information content (AvgIpc) is 2.65. The highest BCUT2D eigenvalue weighted by Crippen LogP contribution is 2.34. The van der Waals surface area contributed by atoms with Gasteiger partial charge in [0.05, 0.1) is 22.3 Å². The summed E-state index contributed by atoms with van der Waals surface area (Å²) in [6.07, 6.45) is -0.681. The first-order chi connectivity index (χ1) is 7.17. The molecule has 0 aliphatic carbocycles. The van der Waals surface area contributed by atoms with Crippen molar-refractivity contribution in [3.63, 3.8) is 0 Å². The van der Waals surface area contributed by atoms with Gasteiger partial charge in [0, 0.05) is 17.2 Å². The van der Waals surface area contributed by atoms with Crippen molar-refractivity contribution in [3.8, 4) is 0 Å². The fraction of sp³-hybridized carbons (Fsp3) is 0.556. The van der Waals surface area contributed by atoms with Crippen LogP contribution in [0, 0.1) is 0 Å². The number of nitrogens with two attached hydrogens (primary N) is 1. The quantitative estimate of drug-likeness (QED) is 0.731. The fourth-order valence-electron chi connectivity index (χ4n) is 1.05. The molecule has 6 heteroatoms.